The second-order valence-corrected chi connectivity index (χ2v) is 10.0. The Morgan fingerprint density at radius 2 is 1.43 bits per heavy atom. The summed E-state index contributed by atoms with van der Waals surface area (Å²) < 4.78 is 0. The second-order valence-electron chi connectivity index (χ2n) is 10.0. The van der Waals surface area contributed by atoms with Crippen LogP contribution in [0.4, 0.5) is 0 Å². The standard InChI is InChI=1S/C25H40O3/c1-3-25(16-17-25)13-8-5-4-6-10-19-18-21(26)23(28)20(22(19)27)11-7-9-12-24(2)14-15-24/h18,26-28H,3-17H2,1-2H3. The minimum atomic E-state index is -0.131. The quantitative estimate of drug-likeness (QED) is 0.194. The van der Waals surface area contributed by atoms with Gasteiger partial charge in [0.2, 0.25) is 0 Å². The first kappa shape index (κ1) is 21.3. The van der Waals surface area contributed by atoms with Crippen LogP contribution in [0, 0.1) is 10.8 Å². The summed E-state index contributed by atoms with van der Waals surface area (Å²) in [6.07, 6.45) is 17.6. The molecule has 0 bridgehead atoms. The summed E-state index contributed by atoms with van der Waals surface area (Å²) in [5.74, 6) is -0.0143. The Hall–Kier alpha value is -1.38. The molecular weight excluding hydrogens is 348 g/mol. The summed E-state index contributed by atoms with van der Waals surface area (Å²) in [5, 5.41) is 31.0. The molecule has 2 saturated carbocycles. The Morgan fingerprint density at radius 3 is 2.07 bits per heavy atom. The number of rotatable bonds is 13. The summed E-state index contributed by atoms with van der Waals surface area (Å²) in [7, 11) is 0. The zero-order chi connectivity index (χ0) is 20.2. The van der Waals surface area contributed by atoms with Crippen LogP contribution in [0.5, 0.6) is 17.2 Å². The third-order valence-electron chi connectivity index (χ3n) is 7.60. The summed E-state index contributed by atoms with van der Waals surface area (Å²) in [5.41, 5.74) is 2.55. The first-order valence-electron chi connectivity index (χ1n) is 11.6. The second kappa shape index (κ2) is 8.97. The van der Waals surface area contributed by atoms with Crippen LogP contribution in [-0.2, 0) is 12.8 Å². The maximum atomic E-state index is 10.6. The predicted octanol–water partition coefficient (Wildman–Crippen LogP) is 7.00. The highest BCUT2D eigenvalue weighted by molar-refractivity contribution is 5.56. The molecule has 158 valence electrons. The van der Waals surface area contributed by atoms with Gasteiger partial charge in [-0.05, 0) is 86.7 Å². The molecule has 0 radical (unpaired) electrons. The van der Waals surface area contributed by atoms with E-state index in [2.05, 4.69) is 13.8 Å². The van der Waals surface area contributed by atoms with E-state index in [1.165, 1.54) is 57.8 Å². The molecular formula is C25H40O3. The molecule has 3 heteroatoms. The van der Waals surface area contributed by atoms with Crippen LogP contribution in [0.1, 0.15) is 108 Å². The number of aryl methyl sites for hydroxylation is 1. The number of benzene rings is 1. The van der Waals surface area contributed by atoms with Gasteiger partial charge in [-0.3, -0.25) is 0 Å². The van der Waals surface area contributed by atoms with E-state index < -0.39 is 0 Å². The number of phenolic OH excluding ortho intramolecular Hbond substituents is 3. The van der Waals surface area contributed by atoms with Crippen LogP contribution >= 0.6 is 0 Å². The lowest BCUT2D eigenvalue weighted by Gasteiger charge is -2.14. The van der Waals surface area contributed by atoms with E-state index >= 15 is 0 Å². The van der Waals surface area contributed by atoms with Crippen LogP contribution in [-0.4, -0.2) is 15.3 Å². The lowest BCUT2D eigenvalue weighted by atomic mass is 9.94. The SMILES string of the molecule is CCC1(CCCCCCc2cc(O)c(O)c(CCCCC3(C)CC3)c2O)CC1. The molecule has 0 aliphatic heterocycles. The molecule has 3 rings (SSSR count). The van der Waals surface area contributed by atoms with Crippen molar-refractivity contribution < 1.29 is 15.3 Å². The molecule has 0 atom stereocenters. The molecule has 1 aromatic carbocycles. The Bertz CT molecular complexity index is 656. The number of hydrogen-bond donors (Lipinski definition) is 3. The fourth-order valence-electron chi connectivity index (χ4n) is 4.63. The molecule has 0 saturated heterocycles. The molecule has 3 nitrogen and oxygen atoms in total. The van der Waals surface area contributed by atoms with E-state index in [-0.39, 0.29) is 17.2 Å². The largest absolute Gasteiger partial charge is 0.507 e. The highest BCUT2D eigenvalue weighted by atomic mass is 16.3. The van der Waals surface area contributed by atoms with E-state index in [1.807, 2.05) is 0 Å². The summed E-state index contributed by atoms with van der Waals surface area (Å²) in [6, 6.07) is 1.55. The van der Waals surface area contributed by atoms with Crippen molar-refractivity contribution in [3.8, 4) is 17.2 Å². The normalized spacial score (nSPS) is 18.9. The minimum absolute atomic E-state index is 0.0874. The Morgan fingerprint density at radius 1 is 0.786 bits per heavy atom. The van der Waals surface area contributed by atoms with Crippen molar-refractivity contribution in [2.75, 3.05) is 0 Å². The van der Waals surface area contributed by atoms with Gasteiger partial charge in [-0.2, -0.15) is 0 Å². The van der Waals surface area contributed by atoms with Gasteiger partial charge in [0.05, 0.1) is 0 Å². The Balaban J connectivity index is 1.43. The van der Waals surface area contributed by atoms with Gasteiger partial charge in [-0.1, -0.05) is 46.0 Å². The van der Waals surface area contributed by atoms with Crippen LogP contribution in [0.15, 0.2) is 6.07 Å². The third-order valence-corrected chi connectivity index (χ3v) is 7.60. The van der Waals surface area contributed by atoms with Crippen molar-refractivity contribution in [3.63, 3.8) is 0 Å². The Kier molecular flexibility index (Phi) is 6.83. The van der Waals surface area contributed by atoms with Gasteiger partial charge in [-0.25, -0.2) is 0 Å². The molecule has 0 amide bonds. The van der Waals surface area contributed by atoms with E-state index in [1.54, 1.807) is 6.07 Å². The van der Waals surface area contributed by atoms with Crippen molar-refractivity contribution in [2.24, 2.45) is 10.8 Å². The van der Waals surface area contributed by atoms with Crippen molar-refractivity contribution in [2.45, 2.75) is 110 Å². The van der Waals surface area contributed by atoms with Crippen LogP contribution < -0.4 is 0 Å². The van der Waals surface area contributed by atoms with Gasteiger partial charge < -0.3 is 15.3 Å². The predicted molar refractivity (Wildman–Crippen MR) is 115 cm³/mol. The molecule has 0 spiro atoms. The fourth-order valence-corrected chi connectivity index (χ4v) is 4.63. The van der Waals surface area contributed by atoms with E-state index in [0.29, 0.717) is 22.8 Å². The van der Waals surface area contributed by atoms with Gasteiger partial charge in [0.1, 0.15) is 5.75 Å². The van der Waals surface area contributed by atoms with Gasteiger partial charge in [0.15, 0.2) is 11.5 Å². The molecule has 0 aromatic heterocycles. The monoisotopic (exact) mass is 388 g/mol. The smallest absolute Gasteiger partial charge is 0.164 e. The summed E-state index contributed by atoms with van der Waals surface area (Å²) in [4.78, 5) is 0. The lowest BCUT2D eigenvalue weighted by molar-refractivity contribution is 0.384. The van der Waals surface area contributed by atoms with Crippen LogP contribution in [0.25, 0.3) is 0 Å². The minimum Gasteiger partial charge on any atom is -0.507 e. The molecule has 28 heavy (non-hydrogen) atoms. The first-order chi connectivity index (χ1) is 13.4. The average molecular weight is 389 g/mol. The average Bonchev–Trinajstić information content (AvgIpc) is 3.60. The zero-order valence-corrected chi connectivity index (χ0v) is 18.0. The summed E-state index contributed by atoms with van der Waals surface area (Å²) in [6.45, 7) is 4.65. The van der Waals surface area contributed by atoms with E-state index in [9.17, 15) is 15.3 Å². The van der Waals surface area contributed by atoms with Gasteiger partial charge in [0, 0.05) is 5.56 Å². The lowest BCUT2D eigenvalue weighted by Crippen LogP contribution is -1.98. The van der Waals surface area contributed by atoms with E-state index in [4.69, 9.17) is 0 Å². The van der Waals surface area contributed by atoms with Crippen molar-refractivity contribution in [3.05, 3.63) is 17.2 Å². The number of aromatic hydroxyl groups is 3. The number of hydrogen-bond acceptors (Lipinski definition) is 3. The molecule has 2 aliphatic rings. The molecule has 1 aromatic rings. The van der Waals surface area contributed by atoms with Crippen molar-refractivity contribution in [1.29, 1.82) is 0 Å². The first-order valence-corrected chi connectivity index (χ1v) is 11.6. The summed E-state index contributed by atoms with van der Waals surface area (Å²) >= 11 is 0. The van der Waals surface area contributed by atoms with Gasteiger partial charge in [-0.15, -0.1) is 0 Å². The maximum Gasteiger partial charge on any atom is 0.164 e. The van der Waals surface area contributed by atoms with E-state index in [0.717, 1.165) is 37.7 Å². The topological polar surface area (TPSA) is 60.7 Å². The molecule has 2 aliphatic carbocycles. The van der Waals surface area contributed by atoms with Gasteiger partial charge >= 0.3 is 0 Å². The fraction of sp³-hybridized carbons (Fsp3) is 0.760. The Labute approximate surface area is 171 Å². The van der Waals surface area contributed by atoms with Gasteiger partial charge in [0.25, 0.3) is 0 Å². The molecule has 3 N–H and O–H groups in total. The maximum absolute atomic E-state index is 10.6. The van der Waals surface area contributed by atoms with Crippen LogP contribution in [0.3, 0.4) is 0 Å². The highest BCUT2D eigenvalue weighted by Crippen LogP contribution is 2.52. The molecule has 0 heterocycles. The third kappa shape index (κ3) is 5.58. The molecule has 0 unspecified atom stereocenters. The van der Waals surface area contributed by atoms with Crippen LogP contribution in [0.2, 0.25) is 0 Å². The zero-order valence-electron chi connectivity index (χ0n) is 18.0. The molecule has 2 fully saturated rings. The highest BCUT2D eigenvalue weighted by Gasteiger charge is 2.39. The van der Waals surface area contributed by atoms with Crippen molar-refractivity contribution in [1.82, 2.24) is 0 Å². The van der Waals surface area contributed by atoms with Crippen molar-refractivity contribution >= 4 is 0 Å². The number of unbranched alkanes of at least 4 members (excludes halogenated alkanes) is 4. The number of phenols is 3.